The Labute approximate surface area is 183 Å². The van der Waals surface area contributed by atoms with E-state index < -0.39 is 22.0 Å². The van der Waals surface area contributed by atoms with Crippen molar-refractivity contribution >= 4 is 37.4 Å². The maximum Gasteiger partial charge on any atom is 0.324 e. The van der Waals surface area contributed by atoms with E-state index >= 15 is 0 Å². The zero-order valence-electron chi connectivity index (χ0n) is 16.4. The second-order valence-corrected chi connectivity index (χ2v) is 9.67. The van der Waals surface area contributed by atoms with Gasteiger partial charge in [0.05, 0.1) is 16.0 Å². The van der Waals surface area contributed by atoms with E-state index in [2.05, 4.69) is 26.7 Å². The quantitative estimate of drug-likeness (QED) is 0.510. The van der Waals surface area contributed by atoms with Crippen LogP contribution in [0, 0.1) is 17.2 Å². The van der Waals surface area contributed by atoms with Crippen LogP contribution in [-0.4, -0.2) is 24.8 Å². The van der Waals surface area contributed by atoms with Crippen molar-refractivity contribution < 1.29 is 17.9 Å². The van der Waals surface area contributed by atoms with Gasteiger partial charge in [0.25, 0.3) is 0 Å². The first-order valence-electron chi connectivity index (χ1n) is 9.16. The molecule has 0 aliphatic heterocycles. The molecule has 1 aromatic carbocycles. The van der Waals surface area contributed by atoms with E-state index in [1.807, 2.05) is 12.1 Å². The zero-order chi connectivity index (χ0) is 21.9. The maximum atomic E-state index is 12.7. The summed E-state index contributed by atoms with van der Waals surface area (Å²) < 4.78 is 35.7. The van der Waals surface area contributed by atoms with Crippen molar-refractivity contribution in [2.75, 3.05) is 0 Å². The van der Waals surface area contributed by atoms with Crippen LogP contribution in [0.25, 0.3) is 5.52 Å². The first-order valence-corrected chi connectivity index (χ1v) is 11.4. The molecule has 0 amide bonds. The van der Waals surface area contributed by atoms with Crippen LogP contribution in [0.5, 0.6) is 0 Å². The van der Waals surface area contributed by atoms with Crippen LogP contribution in [0.2, 0.25) is 0 Å². The van der Waals surface area contributed by atoms with Gasteiger partial charge in [-0.05, 0) is 42.3 Å². The molecule has 30 heavy (non-hydrogen) atoms. The lowest BCUT2D eigenvalue weighted by atomic mass is 10.1. The summed E-state index contributed by atoms with van der Waals surface area (Å²) in [4.78, 5) is 12.7. The van der Waals surface area contributed by atoms with Gasteiger partial charge in [-0.3, -0.25) is 4.79 Å². The SMILES string of the molecule is CC(C)[C@H](NS(=O)(=O)c1ccc(Br)cc1)C(=O)OCc1cn2ccccc2c1C#N. The Morgan fingerprint density at radius 3 is 2.57 bits per heavy atom. The fourth-order valence-corrected chi connectivity index (χ4v) is 4.56. The van der Waals surface area contributed by atoms with Crippen LogP contribution in [0.3, 0.4) is 0 Å². The second kappa shape index (κ2) is 9.00. The molecule has 2 heterocycles. The molecule has 2 aromatic heterocycles. The molecule has 7 nitrogen and oxygen atoms in total. The number of benzene rings is 1. The Morgan fingerprint density at radius 1 is 1.23 bits per heavy atom. The lowest BCUT2D eigenvalue weighted by Gasteiger charge is -2.20. The molecule has 1 atom stereocenters. The number of nitrogens with one attached hydrogen (secondary N) is 1. The number of carbonyl (C=O) groups excluding carboxylic acids is 1. The summed E-state index contributed by atoms with van der Waals surface area (Å²) in [5, 5.41) is 9.47. The molecule has 3 aromatic rings. The number of rotatable bonds is 7. The Bertz CT molecular complexity index is 1210. The van der Waals surface area contributed by atoms with Gasteiger partial charge >= 0.3 is 5.97 Å². The molecule has 0 saturated carbocycles. The van der Waals surface area contributed by atoms with Gasteiger partial charge < -0.3 is 9.14 Å². The van der Waals surface area contributed by atoms with Crippen molar-refractivity contribution in [3.05, 3.63) is 70.5 Å². The van der Waals surface area contributed by atoms with Gasteiger partial charge in [0.1, 0.15) is 18.7 Å². The molecule has 0 unspecified atom stereocenters. The lowest BCUT2D eigenvalue weighted by Crippen LogP contribution is -2.45. The average molecular weight is 490 g/mol. The minimum absolute atomic E-state index is 0.0506. The molecular formula is C21H20BrN3O4S. The van der Waals surface area contributed by atoms with Crippen LogP contribution in [0.4, 0.5) is 0 Å². The normalized spacial score (nSPS) is 12.6. The van der Waals surface area contributed by atoms with Crippen molar-refractivity contribution in [2.45, 2.75) is 31.4 Å². The maximum absolute atomic E-state index is 12.7. The number of aromatic nitrogens is 1. The van der Waals surface area contributed by atoms with Gasteiger partial charge in [-0.2, -0.15) is 9.98 Å². The smallest absolute Gasteiger partial charge is 0.324 e. The van der Waals surface area contributed by atoms with Crippen molar-refractivity contribution in [3.8, 4) is 6.07 Å². The molecule has 0 fully saturated rings. The van der Waals surface area contributed by atoms with E-state index in [1.165, 1.54) is 12.1 Å². The monoisotopic (exact) mass is 489 g/mol. The summed E-state index contributed by atoms with van der Waals surface area (Å²) in [5.74, 6) is -1.05. The molecule has 0 spiro atoms. The number of carbonyl (C=O) groups is 1. The van der Waals surface area contributed by atoms with Crippen LogP contribution in [-0.2, 0) is 26.2 Å². The number of hydrogen-bond acceptors (Lipinski definition) is 5. The Kier molecular flexibility index (Phi) is 6.61. The van der Waals surface area contributed by atoms with Gasteiger partial charge in [0, 0.05) is 22.4 Å². The average Bonchev–Trinajstić information content (AvgIpc) is 3.08. The highest BCUT2D eigenvalue weighted by molar-refractivity contribution is 9.10. The number of pyridine rings is 1. The first-order chi connectivity index (χ1) is 14.2. The number of esters is 1. The summed E-state index contributed by atoms with van der Waals surface area (Å²) in [5.41, 5.74) is 1.68. The van der Waals surface area contributed by atoms with Crippen molar-refractivity contribution in [1.82, 2.24) is 9.12 Å². The van der Waals surface area contributed by atoms with Crippen LogP contribution < -0.4 is 4.72 Å². The van der Waals surface area contributed by atoms with Crippen molar-refractivity contribution in [1.29, 1.82) is 5.26 Å². The highest BCUT2D eigenvalue weighted by Gasteiger charge is 2.30. The van der Waals surface area contributed by atoms with Gasteiger partial charge in [0.15, 0.2) is 0 Å². The number of halogens is 1. The van der Waals surface area contributed by atoms with Crippen LogP contribution in [0.15, 0.2) is 64.2 Å². The van der Waals surface area contributed by atoms with E-state index in [0.717, 1.165) is 4.47 Å². The Balaban J connectivity index is 1.77. The first kappa shape index (κ1) is 22.0. The third kappa shape index (κ3) is 4.73. The summed E-state index contributed by atoms with van der Waals surface area (Å²) in [7, 11) is -3.91. The second-order valence-electron chi connectivity index (χ2n) is 7.04. The summed E-state index contributed by atoms with van der Waals surface area (Å²) in [6, 6.07) is 12.6. The molecule has 3 rings (SSSR count). The molecular weight excluding hydrogens is 470 g/mol. The fourth-order valence-electron chi connectivity index (χ4n) is 2.96. The molecule has 0 aliphatic rings. The minimum atomic E-state index is -3.91. The van der Waals surface area contributed by atoms with Crippen LogP contribution in [0.1, 0.15) is 25.0 Å². The Morgan fingerprint density at radius 2 is 1.93 bits per heavy atom. The van der Waals surface area contributed by atoms with Gasteiger partial charge in [-0.15, -0.1) is 0 Å². The molecule has 0 saturated heterocycles. The van der Waals surface area contributed by atoms with Gasteiger partial charge in [0.2, 0.25) is 10.0 Å². The molecule has 1 N–H and O–H groups in total. The predicted octanol–water partition coefficient (Wildman–Crippen LogP) is 3.62. The topological polar surface area (TPSA) is 101 Å². The molecule has 0 bridgehead atoms. The van der Waals surface area contributed by atoms with Crippen molar-refractivity contribution in [2.24, 2.45) is 5.92 Å². The molecule has 156 valence electrons. The number of hydrogen-bond donors (Lipinski definition) is 1. The number of nitriles is 1. The summed E-state index contributed by atoms with van der Waals surface area (Å²) in [6.45, 7) is 3.32. The van der Waals surface area contributed by atoms with E-state index in [1.54, 1.807) is 48.8 Å². The Hall–Kier alpha value is -2.67. The van der Waals surface area contributed by atoms with E-state index in [-0.39, 0.29) is 17.4 Å². The highest BCUT2D eigenvalue weighted by Crippen LogP contribution is 2.20. The minimum Gasteiger partial charge on any atom is -0.460 e. The number of ether oxygens (including phenoxy) is 1. The summed E-state index contributed by atoms with van der Waals surface area (Å²) in [6.07, 6.45) is 3.52. The van der Waals surface area contributed by atoms with Crippen molar-refractivity contribution in [3.63, 3.8) is 0 Å². The van der Waals surface area contributed by atoms with E-state index in [0.29, 0.717) is 16.6 Å². The highest BCUT2D eigenvalue weighted by atomic mass is 79.9. The lowest BCUT2D eigenvalue weighted by molar-refractivity contribution is -0.148. The number of nitrogens with zero attached hydrogens (tertiary/aromatic N) is 2. The number of sulfonamides is 1. The summed E-state index contributed by atoms with van der Waals surface area (Å²) >= 11 is 3.26. The third-order valence-electron chi connectivity index (χ3n) is 4.57. The molecule has 9 heteroatoms. The van der Waals surface area contributed by atoms with Gasteiger partial charge in [-0.25, -0.2) is 8.42 Å². The van der Waals surface area contributed by atoms with Gasteiger partial charge in [-0.1, -0.05) is 35.8 Å². The number of fused-ring (bicyclic) bond motifs is 1. The van der Waals surface area contributed by atoms with Crippen LogP contribution >= 0.6 is 15.9 Å². The fraction of sp³-hybridized carbons (Fsp3) is 0.238. The molecule has 0 aliphatic carbocycles. The van der Waals surface area contributed by atoms with E-state index in [4.69, 9.17) is 4.74 Å². The zero-order valence-corrected chi connectivity index (χ0v) is 18.8. The third-order valence-corrected chi connectivity index (χ3v) is 6.56. The molecule has 0 radical (unpaired) electrons. The standard InChI is InChI=1S/C21H20BrN3O4S/c1-14(2)20(24-30(27,28)17-8-6-16(22)7-9-17)21(26)29-13-15-12-25-10-4-3-5-19(25)18(15)11-23/h3-10,12,14,20,24H,13H2,1-2H3/t20-/m0/s1. The largest absolute Gasteiger partial charge is 0.460 e. The predicted molar refractivity (Wildman–Crippen MR) is 115 cm³/mol. The van der Waals surface area contributed by atoms with E-state index in [9.17, 15) is 18.5 Å².